The number of hydrogen-bond donors (Lipinski definition) is 1. The zero-order valence-electron chi connectivity index (χ0n) is 3.87. The van der Waals surface area contributed by atoms with Crippen molar-refractivity contribution in [1.29, 1.82) is 0 Å². The Morgan fingerprint density at radius 3 is 2.50 bits per heavy atom. The van der Waals surface area contributed by atoms with E-state index in [0.29, 0.717) is 21.2 Å². The van der Waals surface area contributed by atoms with Crippen molar-refractivity contribution in [3.63, 3.8) is 0 Å². The molecule has 1 N–H and O–H groups in total. The van der Waals surface area contributed by atoms with Gasteiger partial charge in [0.2, 0.25) is 0 Å². The van der Waals surface area contributed by atoms with Crippen LogP contribution >= 0.6 is 0 Å². The van der Waals surface area contributed by atoms with Crippen molar-refractivity contribution in [3.05, 3.63) is 0 Å². The fourth-order valence-electron chi connectivity index (χ4n) is 0.440. The van der Waals surface area contributed by atoms with Gasteiger partial charge in [0.25, 0.3) is 0 Å². The van der Waals surface area contributed by atoms with Crippen LogP contribution in [0.3, 0.4) is 0 Å². The molecule has 0 amide bonds. The molecule has 1 aliphatic rings. The van der Waals surface area contributed by atoms with Crippen LogP contribution in [0.4, 0.5) is 0 Å². The van der Waals surface area contributed by atoms with Crippen LogP contribution in [0.2, 0.25) is 0 Å². The second kappa shape index (κ2) is 2.12. The zero-order valence-corrected chi connectivity index (χ0v) is 6.03. The van der Waals surface area contributed by atoms with E-state index in [4.69, 9.17) is 0 Å². The molecule has 1 atom stereocenters. The van der Waals surface area contributed by atoms with Gasteiger partial charge in [0, 0.05) is 0 Å². The van der Waals surface area contributed by atoms with Gasteiger partial charge in [-0.2, -0.15) is 0 Å². The number of hydrogen-bond acceptors (Lipinski definition) is 1. The normalized spacial score (nSPS) is 33.8. The second-order valence-electron chi connectivity index (χ2n) is 1.39. The van der Waals surface area contributed by atoms with Gasteiger partial charge in [0.15, 0.2) is 0 Å². The SMILES string of the molecule is CNC1CC[I-]1. The molecule has 0 bridgehead atoms. The first-order chi connectivity index (χ1) is 2.93. The first-order valence-corrected chi connectivity index (χ1v) is 4.95. The molecule has 6 heavy (non-hydrogen) atoms. The van der Waals surface area contributed by atoms with Gasteiger partial charge in [-0.25, -0.2) is 0 Å². The fourth-order valence-corrected chi connectivity index (χ4v) is 2.13. The number of halogens is 1. The molecule has 0 aromatic carbocycles. The molecule has 1 fully saturated rings. The van der Waals surface area contributed by atoms with E-state index in [1.165, 1.54) is 6.42 Å². The average Bonchev–Trinajstić information content (AvgIpc) is 1.31. The number of alkyl halides is 2. The van der Waals surface area contributed by atoms with Gasteiger partial charge in [-0.15, -0.1) is 0 Å². The zero-order chi connectivity index (χ0) is 4.41. The quantitative estimate of drug-likeness (QED) is 0.269. The van der Waals surface area contributed by atoms with Crippen molar-refractivity contribution in [2.24, 2.45) is 0 Å². The molecule has 0 aromatic rings. The van der Waals surface area contributed by atoms with E-state index >= 15 is 0 Å². The molecule has 0 saturated carbocycles. The Balaban J connectivity index is 2.01. The third-order valence-electron chi connectivity index (χ3n) is 0.971. The van der Waals surface area contributed by atoms with E-state index in [1.54, 1.807) is 4.43 Å². The molecule has 2 heteroatoms. The summed E-state index contributed by atoms with van der Waals surface area (Å²) in [6.07, 6.45) is 1.45. The van der Waals surface area contributed by atoms with Crippen molar-refractivity contribution < 1.29 is 21.2 Å². The second-order valence-corrected chi connectivity index (χ2v) is 4.85. The molecule has 38 valence electrons. The van der Waals surface area contributed by atoms with E-state index in [1.807, 2.05) is 0 Å². The topological polar surface area (TPSA) is 12.0 Å². The summed E-state index contributed by atoms with van der Waals surface area (Å²) in [5.74, 6) is 0. The Morgan fingerprint density at radius 1 is 1.83 bits per heavy atom. The van der Waals surface area contributed by atoms with Crippen LogP contribution in [0, 0.1) is 0 Å². The van der Waals surface area contributed by atoms with Gasteiger partial charge < -0.3 is 0 Å². The Morgan fingerprint density at radius 2 is 2.50 bits per heavy atom. The van der Waals surface area contributed by atoms with Crippen molar-refractivity contribution in [2.75, 3.05) is 11.5 Å². The molecule has 1 heterocycles. The summed E-state index contributed by atoms with van der Waals surface area (Å²) in [5.41, 5.74) is 0. The molecule has 1 rings (SSSR count). The van der Waals surface area contributed by atoms with E-state index in [2.05, 4.69) is 12.4 Å². The Labute approximate surface area is 48.8 Å². The van der Waals surface area contributed by atoms with E-state index in [0.717, 1.165) is 4.05 Å². The minimum atomic E-state index is 0.614. The van der Waals surface area contributed by atoms with Crippen molar-refractivity contribution in [1.82, 2.24) is 5.32 Å². The minimum absolute atomic E-state index is 0.614. The summed E-state index contributed by atoms with van der Waals surface area (Å²) in [6.45, 7) is 0. The maximum absolute atomic E-state index is 3.25. The van der Waals surface area contributed by atoms with Crippen molar-refractivity contribution in [2.45, 2.75) is 10.5 Å². The van der Waals surface area contributed by atoms with E-state index in [9.17, 15) is 0 Å². The van der Waals surface area contributed by atoms with Crippen LogP contribution < -0.4 is 26.5 Å². The molecule has 0 aliphatic carbocycles. The van der Waals surface area contributed by atoms with E-state index in [-0.39, 0.29) is 0 Å². The molecular formula is C4H9IN-. The third-order valence-corrected chi connectivity index (χ3v) is 4.53. The fraction of sp³-hybridized carbons (Fsp3) is 1.00. The maximum atomic E-state index is 3.25. The van der Waals surface area contributed by atoms with Gasteiger partial charge in [0.1, 0.15) is 0 Å². The monoisotopic (exact) mass is 198 g/mol. The summed E-state index contributed by atoms with van der Waals surface area (Å²) < 4.78 is 2.52. The van der Waals surface area contributed by atoms with Crippen molar-refractivity contribution in [3.8, 4) is 0 Å². The van der Waals surface area contributed by atoms with Crippen LogP contribution in [0.15, 0.2) is 0 Å². The Bertz CT molecular complexity index is 40.1. The first kappa shape index (κ1) is 4.84. The standard InChI is InChI=1S/C4H9IN/c1-6-4-2-3-5-4/h4,6H,2-3H2,1H3/q-1. The Kier molecular flexibility index (Phi) is 1.71. The predicted molar refractivity (Wildman–Crippen MR) is 22.3 cm³/mol. The van der Waals surface area contributed by atoms with Gasteiger partial charge in [-0.05, 0) is 0 Å². The molecule has 0 spiro atoms. The molecule has 1 aliphatic heterocycles. The number of nitrogens with one attached hydrogen (secondary N) is 1. The summed E-state index contributed by atoms with van der Waals surface area (Å²) in [7, 11) is 2.06. The van der Waals surface area contributed by atoms with E-state index < -0.39 is 0 Å². The summed E-state index contributed by atoms with van der Waals surface area (Å²) in [4.78, 5) is 0. The van der Waals surface area contributed by atoms with Gasteiger partial charge >= 0.3 is 48.5 Å². The van der Waals surface area contributed by atoms with Gasteiger partial charge in [-0.3, -0.25) is 0 Å². The summed E-state index contributed by atoms with van der Waals surface area (Å²) >= 11 is 0.614. The molecule has 1 unspecified atom stereocenters. The molecule has 0 aromatic heterocycles. The van der Waals surface area contributed by atoms with Crippen LogP contribution in [0.5, 0.6) is 0 Å². The summed E-state index contributed by atoms with van der Waals surface area (Å²) in [6, 6.07) is 0. The number of rotatable bonds is 1. The van der Waals surface area contributed by atoms with Crippen LogP contribution in [-0.2, 0) is 0 Å². The molecule has 0 radical (unpaired) electrons. The Hall–Kier alpha value is 0.690. The molecule has 1 nitrogen and oxygen atoms in total. The van der Waals surface area contributed by atoms with Gasteiger partial charge in [-0.1, -0.05) is 0 Å². The molecule has 1 saturated heterocycles. The van der Waals surface area contributed by atoms with Crippen molar-refractivity contribution >= 4 is 0 Å². The first-order valence-electron chi connectivity index (χ1n) is 2.18. The van der Waals surface area contributed by atoms with Gasteiger partial charge in [0.05, 0.1) is 0 Å². The molecular weight excluding hydrogens is 189 g/mol. The predicted octanol–water partition coefficient (Wildman–Crippen LogP) is -2.98. The third kappa shape index (κ3) is 0.846. The van der Waals surface area contributed by atoms with Crippen LogP contribution in [0.1, 0.15) is 6.42 Å². The van der Waals surface area contributed by atoms with Crippen LogP contribution in [-0.4, -0.2) is 15.5 Å². The average molecular weight is 198 g/mol. The van der Waals surface area contributed by atoms with Crippen LogP contribution in [0.25, 0.3) is 0 Å². The summed E-state index contributed by atoms with van der Waals surface area (Å²) in [5, 5.41) is 3.25.